The van der Waals surface area contributed by atoms with Crippen LogP contribution >= 0.6 is 0 Å². The zero-order valence-corrected chi connectivity index (χ0v) is 12.0. The first kappa shape index (κ1) is 13.7. The fourth-order valence-electron chi connectivity index (χ4n) is 3.27. The summed E-state index contributed by atoms with van der Waals surface area (Å²) in [6.45, 7) is 5.95. The van der Waals surface area contributed by atoms with Gasteiger partial charge in [-0.15, -0.1) is 6.58 Å². The van der Waals surface area contributed by atoms with Gasteiger partial charge in [-0.05, 0) is 25.0 Å². The molecule has 21 heavy (non-hydrogen) atoms. The molecule has 0 unspecified atom stereocenters. The van der Waals surface area contributed by atoms with Crippen molar-refractivity contribution in [2.45, 2.75) is 18.4 Å². The van der Waals surface area contributed by atoms with Crippen LogP contribution in [0.3, 0.4) is 0 Å². The number of benzene rings is 1. The molecule has 5 nitrogen and oxygen atoms in total. The minimum Gasteiger partial charge on any atom is -0.385 e. The highest BCUT2D eigenvalue weighted by molar-refractivity contribution is 6.06. The highest BCUT2D eigenvalue weighted by Gasteiger charge is 2.49. The quantitative estimate of drug-likeness (QED) is 0.864. The number of hydrogen-bond donors (Lipinski definition) is 1. The first-order valence-corrected chi connectivity index (χ1v) is 7.24. The average Bonchev–Trinajstić information content (AvgIpc) is 2.74. The molecule has 1 spiro atoms. The van der Waals surface area contributed by atoms with Crippen molar-refractivity contribution in [3.63, 3.8) is 0 Å². The third-order valence-electron chi connectivity index (χ3n) is 4.46. The molecule has 0 bridgehead atoms. The van der Waals surface area contributed by atoms with Crippen LogP contribution in [0.2, 0.25) is 0 Å². The first-order valence-electron chi connectivity index (χ1n) is 7.24. The van der Waals surface area contributed by atoms with Crippen molar-refractivity contribution in [3.05, 3.63) is 43.0 Å². The van der Waals surface area contributed by atoms with Crippen LogP contribution in [-0.4, -0.2) is 41.9 Å². The summed E-state index contributed by atoms with van der Waals surface area (Å²) in [5.74, 6) is 0.460. The Labute approximate surface area is 124 Å². The highest BCUT2D eigenvalue weighted by atomic mass is 16.2. The van der Waals surface area contributed by atoms with Crippen LogP contribution < -0.4 is 10.6 Å². The first-order chi connectivity index (χ1) is 10.2. The van der Waals surface area contributed by atoms with Crippen molar-refractivity contribution in [2.75, 3.05) is 24.5 Å². The highest BCUT2D eigenvalue weighted by Crippen LogP contribution is 2.35. The molecule has 0 saturated carbocycles. The Balaban J connectivity index is 1.78. The van der Waals surface area contributed by atoms with E-state index in [1.54, 1.807) is 11.0 Å². The van der Waals surface area contributed by atoms with Crippen LogP contribution in [0, 0.1) is 0 Å². The molecule has 1 fully saturated rings. The van der Waals surface area contributed by atoms with Gasteiger partial charge in [0.2, 0.25) is 0 Å². The number of amidine groups is 1. The molecule has 0 radical (unpaired) electrons. The lowest BCUT2D eigenvalue weighted by atomic mass is 9.85. The van der Waals surface area contributed by atoms with Crippen LogP contribution in [0.1, 0.15) is 12.8 Å². The maximum atomic E-state index is 12.0. The summed E-state index contributed by atoms with van der Waals surface area (Å²) >= 11 is 0. The zero-order valence-electron chi connectivity index (χ0n) is 12.0. The Kier molecular flexibility index (Phi) is 3.41. The molecule has 1 saturated heterocycles. The van der Waals surface area contributed by atoms with Crippen LogP contribution in [0.4, 0.5) is 10.5 Å². The van der Waals surface area contributed by atoms with Crippen LogP contribution in [0.15, 0.2) is 48.0 Å². The van der Waals surface area contributed by atoms with Crippen LogP contribution in [-0.2, 0) is 0 Å². The second-order valence-electron chi connectivity index (χ2n) is 5.53. The zero-order chi connectivity index (χ0) is 14.9. The molecule has 110 valence electrons. The molecule has 2 heterocycles. The fraction of sp³-hybridized carbons (Fsp3) is 0.375. The number of rotatable bonds is 3. The summed E-state index contributed by atoms with van der Waals surface area (Å²) in [6, 6.07) is 10.1. The number of para-hydroxylation sites is 1. The average molecular weight is 284 g/mol. The number of hydrogen-bond acceptors (Lipinski definition) is 3. The topological polar surface area (TPSA) is 61.9 Å². The van der Waals surface area contributed by atoms with Crippen molar-refractivity contribution in [3.8, 4) is 0 Å². The number of urea groups is 1. The molecule has 5 heteroatoms. The predicted octanol–water partition coefficient (Wildman–Crippen LogP) is 2.00. The van der Waals surface area contributed by atoms with Gasteiger partial charge in [0.05, 0.1) is 0 Å². The maximum absolute atomic E-state index is 12.0. The van der Waals surface area contributed by atoms with E-state index in [-0.39, 0.29) is 6.03 Å². The second-order valence-corrected chi connectivity index (χ2v) is 5.53. The SMILES string of the molecule is C=CCN1C(=O)N=C(N)C12CCN(c1ccccc1)CC2. The Bertz CT molecular complexity index is 573. The van der Waals surface area contributed by atoms with E-state index in [0.29, 0.717) is 12.4 Å². The molecular weight excluding hydrogens is 264 g/mol. The number of nitrogens with two attached hydrogens (primary N) is 1. The number of nitrogens with zero attached hydrogens (tertiary/aromatic N) is 3. The molecule has 2 aliphatic heterocycles. The number of aliphatic imine (C=N–C) groups is 1. The van der Waals surface area contributed by atoms with E-state index >= 15 is 0 Å². The van der Waals surface area contributed by atoms with Gasteiger partial charge in [0.25, 0.3) is 0 Å². The van der Waals surface area contributed by atoms with Crippen LogP contribution in [0.5, 0.6) is 0 Å². The van der Waals surface area contributed by atoms with Gasteiger partial charge in [0, 0.05) is 25.3 Å². The number of carbonyl (C=O) groups excluding carboxylic acids is 1. The lowest BCUT2D eigenvalue weighted by molar-refractivity contribution is 0.163. The molecule has 0 aromatic heterocycles. The standard InChI is InChI=1S/C16H20N4O/c1-2-10-20-15(21)18-14(17)16(20)8-11-19(12-9-16)13-6-4-3-5-7-13/h2-7H,1,8-12H2,(H2,17,18,21). The Morgan fingerprint density at radius 1 is 1.29 bits per heavy atom. The molecule has 1 aromatic carbocycles. The number of piperidine rings is 1. The van der Waals surface area contributed by atoms with Gasteiger partial charge < -0.3 is 15.5 Å². The van der Waals surface area contributed by atoms with E-state index in [4.69, 9.17) is 5.73 Å². The summed E-state index contributed by atoms with van der Waals surface area (Å²) in [6.07, 6.45) is 3.34. The summed E-state index contributed by atoms with van der Waals surface area (Å²) in [4.78, 5) is 20.1. The third-order valence-corrected chi connectivity index (χ3v) is 4.46. The van der Waals surface area contributed by atoms with Crippen molar-refractivity contribution >= 4 is 17.6 Å². The smallest absolute Gasteiger partial charge is 0.346 e. The molecule has 2 N–H and O–H groups in total. The number of amides is 2. The van der Waals surface area contributed by atoms with E-state index in [1.807, 2.05) is 18.2 Å². The van der Waals surface area contributed by atoms with Gasteiger partial charge in [-0.1, -0.05) is 24.3 Å². The molecule has 0 atom stereocenters. The normalized spacial score (nSPS) is 20.8. The van der Waals surface area contributed by atoms with Crippen molar-refractivity contribution in [2.24, 2.45) is 10.7 Å². The van der Waals surface area contributed by atoms with Gasteiger partial charge in [-0.25, -0.2) is 4.79 Å². The van der Waals surface area contributed by atoms with E-state index in [1.165, 1.54) is 5.69 Å². The molecule has 2 aliphatic rings. The lowest BCUT2D eigenvalue weighted by Gasteiger charge is -2.44. The van der Waals surface area contributed by atoms with E-state index in [0.717, 1.165) is 25.9 Å². The van der Waals surface area contributed by atoms with Crippen molar-refractivity contribution in [1.82, 2.24) is 4.90 Å². The van der Waals surface area contributed by atoms with Gasteiger partial charge in [0.15, 0.2) is 0 Å². The summed E-state index contributed by atoms with van der Waals surface area (Å²) < 4.78 is 0. The summed E-state index contributed by atoms with van der Waals surface area (Å²) in [5.41, 5.74) is 6.86. The van der Waals surface area contributed by atoms with E-state index in [2.05, 4.69) is 28.6 Å². The minimum absolute atomic E-state index is 0.236. The van der Waals surface area contributed by atoms with Gasteiger partial charge in [-0.3, -0.25) is 0 Å². The maximum Gasteiger partial charge on any atom is 0.346 e. The van der Waals surface area contributed by atoms with Gasteiger partial charge >= 0.3 is 6.03 Å². The summed E-state index contributed by atoms with van der Waals surface area (Å²) in [5, 5.41) is 0. The lowest BCUT2D eigenvalue weighted by Crippen LogP contribution is -2.59. The Morgan fingerprint density at radius 3 is 2.57 bits per heavy atom. The molecule has 3 rings (SSSR count). The number of carbonyl (C=O) groups is 1. The number of anilines is 1. The van der Waals surface area contributed by atoms with E-state index in [9.17, 15) is 4.79 Å². The Morgan fingerprint density at radius 2 is 1.95 bits per heavy atom. The predicted molar refractivity (Wildman–Crippen MR) is 84.5 cm³/mol. The minimum atomic E-state index is -0.420. The van der Waals surface area contributed by atoms with Gasteiger partial charge in [0.1, 0.15) is 11.4 Å². The van der Waals surface area contributed by atoms with E-state index < -0.39 is 5.54 Å². The van der Waals surface area contributed by atoms with Crippen molar-refractivity contribution in [1.29, 1.82) is 0 Å². The second kappa shape index (κ2) is 5.24. The monoisotopic (exact) mass is 284 g/mol. The molecular formula is C16H20N4O. The third kappa shape index (κ3) is 2.18. The molecule has 0 aliphatic carbocycles. The van der Waals surface area contributed by atoms with Gasteiger partial charge in [-0.2, -0.15) is 4.99 Å². The Hall–Kier alpha value is -2.30. The molecule has 2 amide bonds. The summed E-state index contributed by atoms with van der Waals surface area (Å²) in [7, 11) is 0. The van der Waals surface area contributed by atoms with Crippen LogP contribution in [0.25, 0.3) is 0 Å². The largest absolute Gasteiger partial charge is 0.385 e. The van der Waals surface area contributed by atoms with Crippen molar-refractivity contribution < 1.29 is 4.79 Å². The molecule has 1 aromatic rings. The fourth-order valence-corrected chi connectivity index (χ4v) is 3.27.